The van der Waals surface area contributed by atoms with Crippen LogP contribution in [0.4, 0.5) is 0 Å². The van der Waals surface area contributed by atoms with Crippen molar-refractivity contribution in [3.8, 4) is 12.3 Å². The number of rotatable bonds is 6. The molecule has 0 unspecified atom stereocenters. The van der Waals surface area contributed by atoms with E-state index in [1.807, 2.05) is 30.3 Å². The molecule has 1 aromatic rings. The van der Waals surface area contributed by atoms with Gasteiger partial charge in [-0.2, -0.15) is 0 Å². The third kappa shape index (κ3) is 2.73. The summed E-state index contributed by atoms with van der Waals surface area (Å²) in [5, 5.41) is 3.04. The zero-order chi connectivity index (χ0) is 12.8. The molecule has 2 rings (SSSR count). The van der Waals surface area contributed by atoms with Gasteiger partial charge in [-0.3, -0.25) is 4.79 Å². The van der Waals surface area contributed by atoms with Gasteiger partial charge >= 0.3 is 0 Å². The molecule has 0 radical (unpaired) electrons. The number of carbonyl (C=O) groups excluding carboxylic acids is 1. The molecule has 0 aliphatic heterocycles. The van der Waals surface area contributed by atoms with Crippen molar-refractivity contribution >= 4 is 5.91 Å². The number of carbonyl (C=O) groups is 1. The van der Waals surface area contributed by atoms with Crippen molar-refractivity contribution in [3.05, 3.63) is 35.9 Å². The van der Waals surface area contributed by atoms with Crippen molar-refractivity contribution in [1.82, 2.24) is 5.32 Å². The first kappa shape index (κ1) is 12.7. The monoisotopic (exact) mass is 241 g/mol. The van der Waals surface area contributed by atoms with Crippen molar-refractivity contribution in [2.24, 2.45) is 0 Å². The molecule has 0 saturated heterocycles. The second-order valence-corrected chi connectivity index (χ2v) is 4.87. The molecule has 0 aromatic heterocycles. The molecule has 1 amide bonds. The lowest BCUT2D eigenvalue weighted by Gasteiger charge is -2.15. The maximum absolute atomic E-state index is 12.2. The molecule has 2 heteroatoms. The fourth-order valence-corrected chi connectivity index (χ4v) is 2.25. The highest BCUT2D eigenvalue weighted by Gasteiger charge is 2.50. The summed E-state index contributed by atoms with van der Waals surface area (Å²) in [6.07, 6.45) is 9.85. The number of terminal acetylenes is 1. The molecule has 1 aromatic carbocycles. The summed E-state index contributed by atoms with van der Waals surface area (Å²) >= 11 is 0. The Morgan fingerprint density at radius 2 is 2.00 bits per heavy atom. The van der Waals surface area contributed by atoms with Gasteiger partial charge in [-0.25, -0.2) is 0 Å². The summed E-state index contributed by atoms with van der Waals surface area (Å²) in [4.78, 5) is 12.2. The summed E-state index contributed by atoms with van der Waals surface area (Å²) in [5.74, 6) is 2.79. The van der Waals surface area contributed by atoms with Crippen molar-refractivity contribution in [2.45, 2.75) is 37.5 Å². The largest absolute Gasteiger partial charge is 0.355 e. The predicted molar refractivity (Wildman–Crippen MR) is 73.0 cm³/mol. The molecule has 2 nitrogen and oxygen atoms in total. The van der Waals surface area contributed by atoms with Gasteiger partial charge in [0, 0.05) is 13.0 Å². The Morgan fingerprint density at radius 3 is 2.61 bits per heavy atom. The molecule has 0 heterocycles. The lowest BCUT2D eigenvalue weighted by Crippen LogP contribution is -2.35. The smallest absolute Gasteiger partial charge is 0.230 e. The van der Waals surface area contributed by atoms with Gasteiger partial charge in [0.2, 0.25) is 5.91 Å². The van der Waals surface area contributed by atoms with Crippen LogP contribution < -0.4 is 5.32 Å². The Bertz CT molecular complexity index is 440. The minimum Gasteiger partial charge on any atom is -0.355 e. The maximum Gasteiger partial charge on any atom is 0.230 e. The molecule has 1 aliphatic rings. The van der Waals surface area contributed by atoms with Gasteiger partial charge in [0.1, 0.15) is 0 Å². The Balaban J connectivity index is 1.84. The second-order valence-electron chi connectivity index (χ2n) is 4.87. The molecule has 1 aliphatic carbocycles. The maximum atomic E-state index is 12.2. The van der Waals surface area contributed by atoms with Crippen molar-refractivity contribution < 1.29 is 4.79 Å². The summed E-state index contributed by atoms with van der Waals surface area (Å²) in [6, 6.07) is 10.1. The van der Waals surface area contributed by atoms with Gasteiger partial charge in [0.05, 0.1) is 5.41 Å². The fourth-order valence-electron chi connectivity index (χ4n) is 2.25. The van der Waals surface area contributed by atoms with E-state index in [-0.39, 0.29) is 11.3 Å². The minimum atomic E-state index is -0.243. The number of hydrogen-bond acceptors (Lipinski definition) is 1. The van der Waals surface area contributed by atoms with Crippen LogP contribution in [0.2, 0.25) is 0 Å². The van der Waals surface area contributed by atoms with Crippen LogP contribution in [0.25, 0.3) is 0 Å². The molecule has 0 atom stereocenters. The van der Waals surface area contributed by atoms with Crippen LogP contribution in [0, 0.1) is 12.3 Å². The summed E-state index contributed by atoms with van der Waals surface area (Å²) < 4.78 is 0. The quantitative estimate of drug-likeness (QED) is 0.602. The number of benzene rings is 1. The third-order valence-electron chi connectivity index (χ3n) is 3.54. The molecular formula is C16H19NO. The molecule has 0 spiro atoms. The first-order valence-corrected chi connectivity index (χ1v) is 6.57. The van der Waals surface area contributed by atoms with E-state index in [1.165, 1.54) is 0 Å². The van der Waals surface area contributed by atoms with Crippen LogP contribution in [0.5, 0.6) is 0 Å². The van der Waals surface area contributed by atoms with Crippen LogP contribution in [-0.4, -0.2) is 12.5 Å². The van der Waals surface area contributed by atoms with E-state index < -0.39 is 0 Å². The van der Waals surface area contributed by atoms with Crippen LogP contribution in [0.15, 0.2) is 30.3 Å². The van der Waals surface area contributed by atoms with E-state index in [2.05, 4.69) is 11.2 Å². The van der Waals surface area contributed by atoms with E-state index in [0.29, 0.717) is 0 Å². The van der Waals surface area contributed by atoms with E-state index in [0.717, 1.165) is 44.2 Å². The van der Waals surface area contributed by atoms with Crippen molar-refractivity contribution in [2.75, 3.05) is 6.54 Å². The highest BCUT2D eigenvalue weighted by Crippen LogP contribution is 2.48. The lowest BCUT2D eigenvalue weighted by molar-refractivity contribution is -0.123. The normalized spacial score (nSPS) is 15.7. The standard InChI is InChI=1S/C16H19NO/c1-2-3-4-8-13-17-15(18)16(11-12-16)14-9-6-5-7-10-14/h1,5-7,9-10H,3-4,8,11-13H2,(H,17,18). The van der Waals surface area contributed by atoms with Gasteiger partial charge < -0.3 is 5.32 Å². The predicted octanol–water partition coefficient (Wildman–Crippen LogP) is 2.64. The SMILES string of the molecule is C#CCCCCNC(=O)C1(c2ccccc2)CC1. The molecule has 94 valence electrons. The molecule has 0 bridgehead atoms. The Kier molecular flexibility index (Phi) is 4.04. The first-order chi connectivity index (χ1) is 8.79. The van der Waals surface area contributed by atoms with Gasteiger partial charge in [0.15, 0.2) is 0 Å². The topological polar surface area (TPSA) is 29.1 Å². The lowest BCUT2D eigenvalue weighted by atomic mass is 9.95. The van der Waals surface area contributed by atoms with Gasteiger partial charge in [-0.15, -0.1) is 12.3 Å². The molecule has 1 N–H and O–H groups in total. The number of nitrogens with one attached hydrogen (secondary N) is 1. The Labute approximate surface area is 109 Å². The zero-order valence-corrected chi connectivity index (χ0v) is 10.6. The summed E-state index contributed by atoms with van der Waals surface area (Å²) in [5.41, 5.74) is 0.902. The van der Waals surface area contributed by atoms with Gasteiger partial charge in [-0.1, -0.05) is 30.3 Å². The Morgan fingerprint density at radius 1 is 1.28 bits per heavy atom. The Hall–Kier alpha value is -1.75. The second kappa shape index (κ2) is 5.73. The van der Waals surface area contributed by atoms with E-state index in [4.69, 9.17) is 6.42 Å². The summed E-state index contributed by atoms with van der Waals surface area (Å²) in [7, 11) is 0. The van der Waals surface area contributed by atoms with Crippen LogP contribution in [0.3, 0.4) is 0 Å². The van der Waals surface area contributed by atoms with E-state index in [1.54, 1.807) is 0 Å². The molecule has 18 heavy (non-hydrogen) atoms. The van der Waals surface area contributed by atoms with Crippen LogP contribution >= 0.6 is 0 Å². The average molecular weight is 241 g/mol. The summed E-state index contributed by atoms with van der Waals surface area (Å²) in [6.45, 7) is 0.731. The van der Waals surface area contributed by atoms with Crippen molar-refractivity contribution in [1.29, 1.82) is 0 Å². The van der Waals surface area contributed by atoms with Gasteiger partial charge in [0.25, 0.3) is 0 Å². The van der Waals surface area contributed by atoms with Crippen LogP contribution in [-0.2, 0) is 10.2 Å². The first-order valence-electron chi connectivity index (χ1n) is 6.57. The average Bonchev–Trinajstić information content (AvgIpc) is 3.21. The highest BCUT2D eigenvalue weighted by atomic mass is 16.2. The number of unbranched alkanes of at least 4 members (excludes halogenated alkanes) is 2. The fraction of sp³-hybridized carbons (Fsp3) is 0.438. The van der Waals surface area contributed by atoms with Gasteiger partial charge in [-0.05, 0) is 31.2 Å². The zero-order valence-electron chi connectivity index (χ0n) is 10.6. The van der Waals surface area contributed by atoms with Crippen LogP contribution in [0.1, 0.15) is 37.7 Å². The van der Waals surface area contributed by atoms with E-state index in [9.17, 15) is 4.79 Å². The van der Waals surface area contributed by atoms with Crippen molar-refractivity contribution in [3.63, 3.8) is 0 Å². The molecular weight excluding hydrogens is 222 g/mol. The number of hydrogen-bond donors (Lipinski definition) is 1. The number of amides is 1. The minimum absolute atomic E-state index is 0.175. The molecule has 1 saturated carbocycles. The van der Waals surface area contributed by atoms with E-state index >= 15 is 0 Å². The molecule has 1 fully saturated rings. The third-order valence-corrected chi connectivity index (χ3v) is 3.54. The highest BCUT2D eigenvalue weighted by molar-refractivity contribution is 5.91.